The molecule has 1 saturated carbocycles. The fraction of sp³-hybridized carbons (Fsp3) is 0.394. The molecule has 2 amide bonds. The first-order valence-electron chi connectivity index (χ1n) is 15.0. The third-order valence-corrected chi connectivity index (χ3v) is 9.91. The van der Waals surface area contributed by atoms with Gasteiger partial charge in [0.15, 0.2) is 11.5 Å². The van der Waals surface area contributed by atoms with Crippen LogP contribution in [0.4, 0.5) is 5.69 Å². The van der Waals surface area contributed by atoms with Crippen LogP contribution in [0.3, 0.4) is 0 Å². The molecule has 9 nitrogen and oxygen atoms in total. The minimum absolute atomic E-state index is 0.00375. The van der Waals surface area contributed by atoms with E-state index < -0.39 is 16.1 Å². The Bertz CT molecular complexity index is 1620. The maximum Gasteiger partial charge on any atom is 0.243 e. The molecule has 1 aliphatic heterocycles. The van der Waals surface area contributed by atoms with Crippen LogP contribution in [0.5, 0.6) is 11.5 Å². The number of benzene rings is 3. The molecule has 3 aromatic rings. The molecule has 1 N–H and O–H groups in total. The zero-order chi connectivity index (χ0) is 32.0. The number of hydrogen-bond acceptors (Lipinski definition) is 6. The molecular formula is C33H37Cl2N3O6S. The molecule has 0 unspecified atom stereocenters. The van der Waals surface area contributed by atoms with Gasteiger partial charge in [-0.05, 0) is 54.7 Å². The Labute approximate surface area is 274 Å². The number of halogens is 2. The second-order valence-corrected chi connectivity index (χ2v) is 14.2. The SMILES string of the molecule is CS(=O)(=O)N(CCCC(=O)N(Cc1ccc(Cl)cc1Cl)[C@@H](Cc1ccccc1)C(=O)NC1CCCC1)c1ccc2c(c1)OCO2. The van der Waals surface area contributed by atoms with E-state index in [9.17, 15) is 18.0 Å². The maximum absolute atomic E-state index is 14.1. The van der Waals surface area contributed by atoms with Gasteiger partial charge in [0.1, 0.15) is 6.04 Å². The van der Waals surface area contributed by atoms with Crippen LogP contribution in [-0.2, 0) is 32.6 Å². The van der Waals surface area contributed by atoms with Crippen molar-refractivity contribution >= 4 is 50.7 Å². The summed E-state index contributed by atoms with van der Waals surface area (Å²) in [5.41, 5.74) is 1.98. The Hall–Kier alpha value is -3.47. The quantitative estimate of drug-likeness (QED) is 0.240. The zero-order valence-electron chi connectivity index (χ0n) is 25.1. The Morgan fingerprint density at radius 3 is 2.42 bits per heavy atom. The molecular weight excluding hydrogens is 637 g/mol. The highest BCUT2D eigenvalue weighted by Gasteiger charge is 2.33. The molecule has 240 valence electrons. The Morgan fingerprint density at radius 2 is 1.71 bits per heavy atom. The molecule has 1 aliphatic carbocycles. The predicted molar refractivity (Wildman–Crippen MR) is 175 cm³/mol. The van der Waals surface area contributed by atoms with E-state index in [4.69, 9.17) is 32.7 Å². The minimum Gasteiger partial charge on any atom is -0.454 e. The van der Waals surface area contributed by atoms with Gasteiger partial charge in [-0.3, -0.25) is 13.9 Å². The summed E-state index contributed by atoms with van der Waals surface area (Å²) in [5, 5.41) is 4.04. The van der Waals surface area contributed by atoms with Crippen molar-refractivity contribution in [1.29, 1.82) is 0 Å². The highest BCUT2D eigenvalue weighted by atomic mass is 35.5. The number of amides is 2. The van der Waals surface area contributed by atoms with Gasteiger partial charge in [-0.25, -0.2) is 8.42 Å². The van der Waals surface area contributed by atoms with Crippen LogP contribution in [0.25, 0.3) is 0 Å². The van der Waals surface area contributed by atoms with Gasteiger partial charge in [0.25, 0.3) is 0 Å². The second-order valence-electron chi connectivity index (χ2n) is 11.4. The van der Waals surface area contributed by atoms with E-state index in [1.54, 1.807) is 41.3 Å². The van der Waals surface area contributed by atoms with Crippen molar-refractivity contribution in [3.8, 4) is 11.5 Å². The van der Waals surface area contributed by atoms with E-state index in [1.165, 1.54) is 4.31 Å². The Kier molecular flexibility index (Phi) is 10.8. The van der Waals surface area contributed by atoms with E-state index in [-0.39, 0.29) is 50.6 Å². The average Bonchev–Trinajstić information content (AvgIpc) is 3.69. The molecule has 0 saturated heterocycles. The van der Waals surface area contributed by atoms with Gasteiger partial charge in [0.2, 0.25) is 28.6 Å². The topological polar surface area (TPSA) is 105 Å². The molecule has 12 heteroatoms. The van der Waals surface area contributed by atoms with Crippen molar-refractivity contribution < 1.29 is 27.5 Å². The Morgan fingerprint density at radius 1 is 0.978 bits per heavy atom. The number of hydrogen-bond donors (Lipinski definition) is 1. The number of carbonyl (C=O) groups is 2. The molecule has 1 fully saturated rings. The first-order valence-corrected chi connectivity index (χ1v) is 17.6. The van der Waals surface area contributed by atoms with Crippen LogP contribution in [0, 0.1) is 0 Å². The number of ether oxygens (including phenoxy) is 2. The van der Waals surface area contributed by atoms with E-state index in [2.05, 4.69) is 5.32 Å². The molecule has 2 aliphatic rings. The van der Waals surface area contributed by atoms with Crippen molar-refractivity contribution in [1.82, 2.24) is 10.2 Å². The summed E-state index contributed by atoms with van der Waals surface area (Å²) in [6.07, 6.45) is 5.57. The lowest BCUT2D eigenvalue weighted by Gasteiger charge is -2.33. The molecule has 0 spiro atoms. The summed E-state index contributed by atoms with van der Waals surface area (Å²) in [5.74, 6) is 0.490. The number of nitrogens with one attached hydrogen (secondary N) is 1. The minimum atomic E-state index is -3.68. The fourth-order valence-electron chi connectivity index (χ4n) is 5.80. The Balaban J connectivity index is 1.39. The van der Waals surface area contributed by atoms with Crippen LogP contribution >= 0.6 is 23.2 Å². The van der Waals surface area contributed by atoms with Gasteiger partial charge in [-0.2, -0.15) is 0 Å². The smallest absolute Gasteiger partial charge is 0.243 e. The lowest BCUT2D eigenvalue weighted by molar-refractivity contribution is -0.141. The molecule has 5 rings (SSSR count). The van der Waals surface area contributed by atoms with Gasteiger partial charge in [-0.1, -0.05) is 72.4 Å². The number of sulfonamides is 1. The zero-order valence-corrected chi connectivity index (χ0v) is 27.4. The van der Waals surface area contributed by atoms with Gasteiger partial charge in [-0.15, -0.1) is 0 Å². The lowest BCUT2D eigenvalue weighted by atomic mass is 10.0. The van der Waals surface area contributed by atoms with Crippen molar-refractivity contribution in [3.05, 3.63) is 87.9 Å². The predicted octanol–water partition coefficient (Wildman–Crippen LogP) is 5.97. The maximum atomic E-state index is 14.1. The molecule has 1 atom stereocenters. The largest absolute Gasteiger partial charge is 0.454 e. The first-order chi connectivity index (χ1) is 21.6. The highest BCUT2D eigenvalue weighted by Crippen LogP contribution is 2.36. The van der Waals surface area contributed by atoms with Crippen LogP contribution < -0.4 is 19.1 Å². The average molecular weight is 675 g/mol. The second kappa shape index (κ2) is 14.7. The van der Waals surface area contributed by atoms with Gasteiger partial charge in [0, 0.05) is 48.1 Å². The van der Waals surface area contributed by atoms with E-state index in [0.29, 0.717) is 39.2 Å². The van der Waals surface area contributed by atoms with Gasteiger partial charge in [0.05, 0.1) is 11.9 Å². The van der Waals surface area contributed by atoms with E-state index in [0.717, 1.165) is 37.5 Å². The molecule has 0 bridgehead atoms. The summed E-state index contributed by atoms with van der Waals surface area (Å²) in [4.78, 5) is 29.6. The van der Waals surface area contributed by atoms with E-state index in [1.807, 2.05) is 30.3 Å². The molecule has 45 heavy (non-hydrogen) atoms. The summed E-state index contributed by atoms with van der Waals surface area (Å²) in [6, 6.07) is 18.8. The summed E-state index contributed by atoms with van der Waals surface area (Å²) < 4.78 is 37.6. The summed E-state index contributed by atoms with van der Waals surface area (Å²) >= 11 is 12.7. The number of fused-ring (bicyclic) bond motifs is 1. The summed E-state index contributed by atoms with van der Waals surface area (Å²) in [7, 11) is -3.68. The third-order valence-electron chi connectivity index (χ3n) is 8.12. The number of carbonyl (C=O) groups excluding carboxylic acids is 2. The van der Waals surface area contributed by atoms with Crippen LogP contribution in [0.1, 0.15) is 49.7 Å². The van der Waals surface area contributed by atoms with Crippen molar-refractivity contribution in [2.75, 3.05) is 23.9 Å². The standard InChI is InChI=1S/C33H37Cl2N3O6S/c1-45(41,42)38(27-15-16-30-31(20-27)44-22-43-30)17-7-12-32(39)37(21-24-13-14-25(34)19-28(24)35)29(18-23-8-3-2-4-9-23)33(40)36-26-10-5-6-11-26/h2-4,8-9,13-16,19-20,26,29H,5-7,10-12,17-18,21-22H2,1H3,(H,36,40)/t29-/m0/s1. The number of rotatable bonds is 13. The van der Waals surface area contributed by atoms with Crippen molar-refractivity contribution in [3.63, 3.8) is 0 Å². The molecule has 0 radical (unpaired) electrons. The van der Waals surface area contributed by atoms with Gasteiger partial charge < -0.3 is 19.7 Å². The molecule has 1 heterocycles. The van der Waals surface area contributed by atoms with Gasteiger partial charge >= 0.3 is 0 Å². The van der Waals surface area contributed by atoms with E-state index >= 15 is 0 Å². The van der Waals surface area contributed by atoms with Crippen molar-refractivity contribution in [2.24, 2.45) is 0 Å². The fourth-order valence-corrected chi connectivity index (χ4v) is 7.22. The summed E-state index contributed by atoms with van der Waals surface area (Å²) in [6.45, 7) is 0.206. The van der Waals surface area contributed by atoms with Crippen LogP contribution in [-0.4, -0.2) is 56.8 Å². The highest BCUT2D eigenvalue weighted by molar-refractivity contribution is 7.92. The molecule has 3 aromatic carbocycles. The van der Waals surface area contributed by atoms with Crippen LogP contribution in [0.2, 0.25) is 10.0 Å². The number of anilines is 1. The third kappa shape index (κ3) is 8.62. The lowest BCUT2D eigenvalue weighted by Crippen LogP contribution is -2.52. The first kappa shape index (κ1) is 32.9. The van der Waals surface area contributed by atoms with Crippen LogP contribution in [0.15, 0.2) is 66.7 Å². The van der Waals surface area contributed by atoms with Crippen molar-refractivity contribution in [2.45, 2.75) is 63.6 Å². The normalized spacial score (nSPS) is 15.1. The number of nitrogens with zero attached hydrogens (tertiary/aromatic N) is 2. The monoisotopic (exact) mass is 673 g/mol. The molecule has 0 aromatic heterocycles.